The molecule has 0 aliphatic carbocycles. The van der Waals surface area contributed by atoms with Gasteiger partial charge in [-0.05, 0) is 49.8 Å². The van der Waals surface area contributed by atoms with Crippen LogP contribution in [0.4, 0.5) is 0 Å². The topological polar surface area (TPSA) is 87.3 Å². The Bertz CT molecular complexity index is 1250. The van der Waals surface area contributed by atoms with Gasteiger partial charge in [-0.3, -0.25) is 0 Å². The molecule has 0 saturated heterocycles. The molecule has 0 N–H and O–H groups in total. The Hall–Kier alpha value is -3.87. The zero-order chi connectivity index (χ0) is 22.0. The summed E-state index contributed by atoms with van der Waals surface area (Å²) in [6.07, 6.45) is 3.39. The van der Waals surface area contributed by atoms with Crippen molar-refractivity contribution in [1.82, 2.24) is 0 Å². The van der Waals surface area contributed by atoms with Crippen LogP contribution in [0.3, 0.4) is 0 Å². The fourth-order valence-electron chi connectivity index (χ4n) is 3.26. The van der Waals surface area contributed by atoms with Crippen LogP contribution >= 0.6 is 0 Å². The summed E-state index contributed by atoms with van der Waals surface area (Å²) in [5, 5.41) is 4.84. The van der Waals surface area contributed by atoms with Crippen LogP contribution in [0, 0.1) is 0 Å². The minimum atomic E-state index is -0.796. The maximum Gasteiger partial charge on any atom is 0.358 e. The molecule has 0 fully saturated rings. The minimum absolute atomic E-state index is 0.417. The lowest BCUT2D eigenvalue weighted by atomic mass is 9.91. The second-order valence-corrected chi connectivity index (χ2v) is 7.60. The van der Waals surface area contributed by atoms with Crippen molar-refractivity contribution in [3.8, 4) is 11.5 Å². The fourth-order valence-corrected chi connectivity index (χ4v) is 3.26. The molecule has 0 spiro atoms. The Morgan fingerprint density at radius 2 is 1.90 bits per heavy atom. The molecule has 0 radical (unpaired) electrons. The van der Waals surface area contributed by atoms with Gasteiger partial charge in [-0.2, -0.15) is 0 Å². The average molecular weight is 419 g/mol. The van der Waals surface area contributed by atoms with Crippen LogP contribution in [0.1, 0.15) is 25.0 Å². The zero-order valence-corrected chi connectivity index (χ0v) is 17.4. The summed E-state index contributed by atoms with van der Waals surface area (Å²) in [6, 6.07) is 13.9. The number of rotatable bonds is 4. The number of hydrogen-bond acceptors (Lipinski definition) is 7. The Morgan fingerprint density at radius 3 is 2.65 bits per heavy atom. The molecule has 7 nitrogen and oxygen atoms in total. The van der Waals surface area contributed by atoms with Crippen molar-refractivity contribution in [2.45, 2.75) is 25.9 Å². The molecule has 7 heteroatoms. The largest absolute Gasteiger partial charge is 0.497 e. The van der Waals surface area contributed by atoms with Crippen LogP contribution in [0.2, 0.25) is 0 Å². The van der Waals surface area contributed by atoms with Crippen molar-refractivity contribution in [3.63, 3.8) is 0 Å². The van der Waals surface area contributed by atoms with E-state index in [1.807, 2.05) is 32.0 Å². The van der Waals surface area contributed by atoms with Crippen LogP contribution in [-0.2, 0) is 16.1 Å². The van der Waals surface area contributed by atoms with Crippen LogP contribution in [0.15, 0.2) is 69.0 Å². The van der Waals surface area contributed by atoms with E-state index in [9.17, 15) is 9.59 Å². The van der Waals surface area contributed by atoms with Gasteiger partial charge in [0.1, 0.15) is 28.4 Å². The summed E-state index contributed by atoms with van der Waals surface area (Å²) in [6.45, 7) is 3.67. The van der Waals surface area contributed by atoms with Crippen LogP contribution < -0.4 is 15.1 Å². The minimum Gasteiger partial charge on any atom is -0.497 e. The van der Waals surface area contributed by atoms with Gasteiger partial charge in [0.15, 0.2) is 0 Å². The standard InChI is InChI=1S/C24H21NO6/c1-24(2)21(25-31-23(27)10-6-15-4-8-18(28-3)9-5-15)13-17-12-16-7-11-22(26)29-19(16)14-20(17)30-24/h4-12,14H,13H2,1-3H3/b10-6+,25-21+. The fraction of sp³-hybridized carbons (Fsp3) is 0.208. The molecule has 2 heterocycles. The van der Waals surface area contributed by atoms with E-state index in [4.69, 9.17) is 18.7 Å². The molecule has 4 rings (SSSR count). The molecular weight excluding hydrogens is 398 g/mol. The van der Waals surface area contributed by atoms with Crippen molar-refractivity contribution in [3.05, 3.63) is 76.2 Å². The third kappa shape index (κ3) is 4.50. The SMILES string of the molecule is COc1ccc(/C=C/C(=O)O/N=C2\Cc3cc4ccc(=O)oc4cc3OC2(C)C)cc1. The summed E-state index contributed by atoms with van der Waals surface area (Å²) in [4.78, 5) is 28.7. The predicted molar refractivity (Wildman–Crippen MR) is 116 cm³/mol. The number of methoxy groups -OCH3 is 1. The Balaban J connectivity index is 1.51. The first-order valence-electron chi connectivity index (χ1n) is 9.70. The van der Waals surface area contributed by atoms with E-state index >= 15 is 0 Å². The lowest BCUT2D eigenvalue weighted by Gasteiger charge is -2.33. The number of nitrogens with zero attached hydrogens (tertiary/aromatic N) is 1. The number of fused-ring (bicyclic) bond motifs is 2. The molecule has 0 bridgehead atoms. The van der Waals surface area contributed by atoms with Gasteiger partial charge in [0.2, 0.25) is 0 Å². The smallest absolute Gasteiger partial charge is 0.358 e. The summed E-state index contributed by atoms with van der Waals surface area (Å²) < 4.78 is 16.4. The van der Waals surface area contributed by atoms with E-state index in [-0.39, 0.29) is 0 Å². The molecule has 0 unspecified atom stereocenters. The highest BCUT2D eigenvalue weighted by Crippen LogP contribution is 2.34. The molecule has 3 aromatic rings. The van der Waals surface area contributed by atoms with Gasteiger partial charge in [-0.1, -0.05) is 17.3 Å². The van der Waals surface area contributed by atoms with Crippen molar-refractivity contribution >= 4 is 28.7 Å². The highest BCUT2D eigenvalue weighted by Gasteiger charge is 2.34. The number of ether oxygens (including phenoxy) is 2. The Morgan fingerprint density at radius 1 is 1.13 bits per heavy atom. The first-order valence-corrected chi connectivity index (χ1v) is 9.70. The lowest BCUT2D eigenvalue weighted by Crippen LogP contribution is -2.43. The molecule has 1 aromatic heterocycles. The highest BCUT2D eigenvalue weighted by atomic mass is 16.7. The van der Waals surface area contributed by atoms with Gasteiger partial charge in [-0.15, -0.1) is 0 Å². The summed E-state index contributed by atoms with van der Waals surface area (Å²) in [5.74, 6) is 0.752. The quantitative estimate of drug-likeness (QED) is 0.274. The Kier molecular flexibility index (Phi) is 5.33. The molecule has 1 aliphatic heterocycles. The van der Waals surface area contributed by atoms with Gasteiger partial charge < -0.3 is 18.7 Å². The predicted octanol–water partition coefficient (Wildman–Crippen LogP) is 4.13. The van der Waals surface area contributed by atoms with E-state index in [0.717, 1.165) is 22.3 Å². The normalized spacial score (nSPS) is 16.2. The number of oxime groups is 1. The van der Waals surface area contributed by atoms with Crippen LogP contribution in [0.5, 0.6) is 11.5 Å². The van der Waals surface area contributed by atoms with E-state index in [2.05, 4.69) is 5.16 Å². The lowest BCUT2D eigenvalue weighted by molar-refractivity contribution is -0.137. The second-order valence-electron chi connectivity index (χ2n) is 7.60. The average Bonchev–Trinajstić information content (AvgIpc) is 2.75. The third-order valence-electron chi connectivity index (χ3n) is 4.99. The zero-order valence-electron chi connectivity index (χ0n) is 17.4. The molecule has 0 atom stereocenters. The van der Waals surface area contributed by atoms with Crippen LogP contribution in [-0.4, -0.2) is 24.4 Å². The van der Waals surface area contributed by atoms with E-state index < -0.39 is 17.2 Å². The molecule has 0 saturated carbocycles. The molecule has 0 amide bonds. The molecule has 158 valence electrons. The summed E-state index contributed by atoms with van der Waals surface area (Å²) >= 11 is 0. The molecular formula is C24H21NO6. The van der Waals surface area contributed by atoms with Gasteiger partial charge >= 0.3 is 11.6 Å². The number of benzene rings is 2. The van der Waals surface area contributed by atoms with Crippen molar-refractivity contribution in [2.75, 3.05) is 7.11 Å². The first-order chi connectivity index (χ1) is 14.8. The van der Waals surface area contributed by atoms with Crippen molar-refractivity contribution in [1.29, 1.82) is 0 Å². The van der Waals surface area contributed by atoms with Gasteiger partial charge in [0.25, 0.3) is 0 Å². The molecule has 2 aromatic carbocycles. The van der Waals surface area contributed by atoms with E-state index in [1.54, 1.807) is 37.5 Å². The van der Waals surface area contributed by atoms with Gasteiger partial charge in [0.05, 0.1) is 7.11 Å². The van der Waals surface area contributed by atoms with Crippen LogP contribution in [0.25, 0.3) is 17.0 Å². The molecule has 31 heavy (non-hydrogen) atoms. The number of carbonyl (C=O) groups excluding carboxylic acids is 1. The first kappa shape index (κ1) is 20.4. The highest BCUT2D eigenvalue weighted by molar-refractivity contribution is 5.97. The maximum absolute atomic E-state index is 12.1. The van der Waals surface area contributed by atoms with Gasteiger partial charge in [-0.25, -0.2) is 9.59 Å². The van der Waals surface area contributed by atoms with Gasteiger partial charge in [0, 0.05) is 35.6 Å². The number of hydrogen-bond donors (Lipinski definition) is 0. The molecule has 1 aliphatic rings. The summed E-state index contributed by atoms with van der Waals surface area (Å²) in [7, 11) is 1.59. The number of carbonyl (C=O) groups is 1. The monoisotopic (exact) mass is 419 g/mol. The van der Waals surface area contributed by atoms with Crippen molar-refractivity contribution < 1.29 is 23.5 Å². The summed E-state index contributed by atoms with van der Waals surface area (Å²) in [5.41, 5.74) is 1.51. The third-order valence-corrected chi connectivity index (χ3v) is 4.99. The van der Waals surface area contributed by atoms with Crippen molar-refractivity contribution in [2.24, 2.45) is 5.16 Å². The van der Waals surface area contributed by atoms with E-state index in [1.165, 1.54) is 12.1 Å². The van der Waals surface area contributed by atoms with E-state index in [0.29, 0.717) is 23.5 Å². The second kappa shape index (κ2) is 8.10. The maximum atomic E-state index is 12.1. The Labute approximate surface area is 178 Å².